The Morgan fingerprint density at radius 3 is 2.47 bits per heavy atom. The standard InChI is InChI=1S/C12H21N3/c1-9-6-10(2)8-11(7-9)13-12-4-5-15(3)14-12/h4-5,9-11H,6-8H2,1-3H3,(H,13,14). The van der Waals surface area contributed by atoms with Crippen LogP contribution in [0.1, 0.15) is 33.1 Å². The van der Waals surface area contributed by atoms with E-state index in [4.69, 9.17) is 0 Å². The van der Waals surface area contributed by atoms with Crippen LogP contribution in [0.2, 0.25) is 0 Å². The summed E-state index contributed by atoms with van der Waals surface area (Å²) in [5, 5.41) is 7.89. The van der Waals surface area contributed by atoms with Crippen LogP contribution in [0.15, 0.2) is 12.3 Å². The fraction of sp³-hybridized carbons (Fsp3) is 0.750. The summed E-state index contributed by atoms with van der Waals surface area (Å²) >= 11 is 0. The predicted molar refractivity (Wildman–Crippen MR) is 62.8 cm³/mol. The molecule has 1 aliphatic rings. The van der Waals surface area contributed by atoms with Crippen molar-refractivity contribution >= 4 is 5.82 Å². The lowest BCUT2D eigenvalue weighted by atomic mass is 9.80. The quantitative estimate of drug-likeness (QED) is 0.808. The van der Waals surface area contributed by atoms with Crippen molar-refractivity contribution < 1.29 is 0 Å². The SMILES string of the molecule is CC1CC(C)CC(Nc2ccn(C)n2)C1. The summed E-state index contributed by atoms with van der Waals surface area (Å²) < 4.78 is 1.85. The Morgan fingerprint density at radius 1 is 1.27 bits per heavy atom. The van der Waals surface area contributed by atoms with Gasteiger partial charge in [-0.15, -0.1) is 0 Å². The van der Waals surface area contributed by atoms with E-state index in [1.54, 1.807) is 0 Å². The van der Waals surface area contributed by atoms with Crippen LogP contribution in [-0.4, -0.2) is 15.8 Å². The smallest absolute Gasteiger partial charge is 0.148 e. The molecule has 0 aromatic carbocycles. The lowest BCUT2D eigenvalue weighted by Crippen LogP contribution is -2.30. The van der Waals surface area contributed by atoms with Crippen LogP contribution in [0.3, 0.4) is 0 Å². The summed E-state index contributed by atoms with van der Waals surface area (Å²) in [5.74, 6) is 2.70. The fourth-order valence-electron chi connectivity index (χ4n) is 2.77. The van der Waals surface area contributed by atoms with Gasteiger partial charge in [-0.1, -0.05) is 13.8 Å². The lowest BCUT2D eigenvalue weighted by Gasteiger charge is -2.31. The molecule has 1 fully saturated rings. The van der Waals surface area contributed by atoms with Gasteiger partial charge in [0.25, 0.3) is 0 Å². The molecule has 3 heteroatoms. The van der Waals surface area contributed by atoms with E-state index in [9.17, 15) is 0 Å². The minimum atomic E-state index is 0.610. The van der Waals surface area contributed by atoms with Crippen LogP contribution in [0.4, 0.5) is 5.82 Å². The fourth-order valence-corrected chi connectivity index (χ4v) is 2.77. The molecule has 1 aliphatic carbocycles. The molecule has 1 aromatic heterocycles. The van der Waals surface area contributed by atoms with Gasteiger partial charge in [-0.3, -0.25) is 4.68 Å². The third-order valence-electron chi connectivity index (χ3n) is 3.24. The molecule has 0 bridgehead atoms. The first-order valence-electron chi connectivity index (χ1n) is 5.89. The Labute approximate surface area is 91.9 Å². The highest BCUT2D eigenvalue weighted by Crippen LogP contribution is 2.29. The number of aromatic nitrogens is 2. The van der Waals surface area contributed by atoms with Crippen LogP contribution < -0.4 is 5.32 Å². The van der Waals surface area contributed by atoms with Gasteiger partial charge in [0.2, 0.25) is 0 Å². The second-order valence-corrected chi connectivity index (χ2v) is 5.13. The first kappa shape index (κ1) is 10.5. The molecule has 2 unspecified atom stereocenters. The maximum Gasteiger partial charge on any atom is 0.148 e. The monoisotopic (exact) mass is 207 g/mol. The zero-order valence-corrected chi connectivity index (χ0v) is 9.90. The molecule has 1 aromatic rings. The molecule has 1 heterocycles. The van der Waals surface area contributed by atoms with E-state index in [2.05, 4.69) is 24.3 Å². The molecule has 2 rings (SSSR count). The van der Waals surface area contributed by atoms with E-state index in [1.165, 1.54) is 19.3 Å². The third kappa shape index (κ3) is 2.74. The topological polar surface area (TPSA) is 29.9 Å². The molecule has 15 heavy (non-hydrogen) atoms. The largest absolute Gasteiger partial charge is 0.366 e. The van der Waals surface area contributed by atoms with Crippen molar-refractivity contribution in [2.24, 2.45) is 18.9 Å². The molecule has 84 valence electrons. The number of hydrogen-bond donors (Lipinski definition) is 1. The maximum absolute atomic E-state index is 4.36. The Morgan fingerprint density at radius 2 is 1.93 bits per heavy atom. The van der Waals surface area contributed by atoms with Crippen LogP contribution in [0.5, 0.6) is 0 Å². The summed E-state index contributed by atoms with van der Waals surface area (Å²) in [6, 6.07) is 2.66. The maximum atomic E-state index is 4.36. The van der Waals surface area contributed by atoms with E-state index in [-0.39, 0.29) is 0 Å². The summed E-state index contributed by atoms with van der Waals surface area (Å²) in [5.41, 5.74) is 0. The molecule has 0 radical (unpaired) electrons. The Kier molecular flexibility index (Phi) is 2.98. The van der Waals surface area contributed by atoms with E-state index >= 15 is 0 Å². The van der Waals surface area contributed by atoms with Gasteiger partial charge < -0.3 is 5.32 Å². The van der Waals surface area contributed by atoms with Gasteiger partial charge >= 0.3 is 0 Å². The number of rotatable bonds is 2. The van der Waals surface area contributed by atoms with E-state index in [0.717, 1.165) is 17.7 Å². The second-order valence-electron chi connectivity index (χ2n) is 5.13. The van der Waals surface area contributed by atoms with Crippen LogP contribution in [-0.2, 0) is 7.05 Å². The van der Waals surface area contributed by atoms with Crippen molar-refractivity contribution in [2.45, 2.75) is 39.2 Å². The second kappa shape index (κ2) is 4.25. The molecular formula is C12H21N3. The van der Waals surface area contributed by atoms with Crippen LogP contribution in [0, 0.1) is 11.8 Å². The number of aryl methyl sites for hydroxylation is 1. The van der Waals surface area contributed by atoms with Gasteiger partial charge in [0, 0.05) is 25.4 Å². The van der Waals surface area contributed by atoms with E-state index < -0.39 is 0 Å². The van der Waals surface area contributed by atoms with E-state index in [0.29, 0.717) is 6.04 Å². The highest BCUT2D eigenvalue weighted by atomic mass is 15.3. The first-order valence-corrected chi connectivity index (χ1v) is 5.89. The van der Waals surface area contributed by atoms with Crippen molar-refractivity contribution in [3.05, 3.63) is 12.3 Å². The van der Waals surface area contributed by atoms with E-state index in [1.807, 2.05) is 24.0 Å². The highest BCUT2D eigenvalue weighted by Gasteiger charge is 2.23. The number of anilines is 1. The molecule has 0 saturated heterocycles. The zero-order valence-electron chi connectivity index (χ0n) is 9.90. The zero-order chi connectivity index (χ0) is 10.8. The van der Waals surface area contributed by atoms with Crippen molar-refractivity contribution in [3.8, 4) is 0 Å². The minimum absolute atomic E-state index is 0.610. The lowest BCUT2D eigenvalue weighted by molar-refractivity contribution is 0.280. The van der Waals surface area contributed by atoms with Gasteiger partial charge in [-0.25, -0.2) is 0 Å². The normalized spacial score (nSPS) is 31.5. The third-order valence-corrected chi connectivity index (χ3v) is 3.24. The van der Waals surface area contributed by atoms with Crippen LogP contribution >= 0.6 is 0 Å². The first-order chi connectivity index (χ1) is 7.13. The molecule has 2 atom stereocenters. The Bertz CT molecular complexity index is 308. The Hall–Kier alpha value is -0.990. The average molecular weight is 207 g/mol. The van der Waals surface area contributed by atoms with Gasteiger partial charge in [0.15, 0.2) is 0 Å². The summed E-state index contributed by atoms with van der Waals surface area (Å²) in [4.78, 5) is 0. The predicted octanol–water partition coefficient (Wildman–Crippen LogP) is 2.66. The van der Waals surface area contributed by atoms with Crippen molar-refractivity contribution in [2.75, 3.05) is 5.32 Å². The highest BCUT2D eigenvalue weighted by molar-refractivity contribution is 5.33. The molecule has 1 saturated carbocycles. The summed E-state index contributed by atoms with van der Waals surface area (Å²) in [7, 11) is 1.96. The molecule has 0 spiro atoms. The molecular weight excluding hydrogens is 186 g/mol. The molecule has 0 amide bonds. The summed E-state index contributed by atoms with van der Waals surface area (Å²) in [6.45, 7) is 4.70. The van der Waals surface area contributed by atoms with Gasteiger partial charge in [-0.2, -0.15) is 5.10 Å². The number of hydrogen-bond acceptors (Lipinski definition) is 2. The van der Waals surface area contributed by atoms with Gasteiger partial charge in [-0.05, 0) is 31.1 Å². The molecule has 0 aliphatic heterocycles. The Balaban J connectivity index is 1.94. The van der Waals surface area contributed by atoms with Gasteiger partial charge in [0.05, 0.1) is 0 Å². The number of nitrogens with one attached hydrogen (secondary N) is 1. The minimum Gasteiger partial charge on any atom is -0.366 e. The van der Waals surface area contributed by atoms with Crippen molar-refractivity contribution in [1.29, 1.82) is 0 Å². The van der Waals surface area contributed by atoms with Crippen molar-refractivity contribution in [1.82, 2.24) is 9.78 Å². The number of nitrogens with zero attached hydrogens (tertiary/aromatic N) is 2. The average Bonchev–Trinajstić information content (AvgIpc) is 2.49. The summed E-state index contributed by atoms with van der Waals surface area (Å²) in [6.07, 6.45) is 5.92. The van der Waals surface area contributed by atoms with Crippen molar-refractivity contribution in [3.63, 3.8) is 0 Å². The van der Waals surface area contributed by atoms with Crippen LogP contribution in [0.25, 0.3) is 0 Å². The molecule has 3 nitrogen and oxygen atoms in total. The molecule has 1 N–H and O–H groups in total. The van der Waals surface area contributed by atoms with Gasteiger partial charge in [0.1, 0.15) is 5.82 Å².